The third-order valence-corrected chi connectivity index (χ3v) is 9.46. The maximum Gasteiger partial charge on any atom is 0.410 e. The lowest BCUT2D eigenvalue weighted by Gasteiger charge is -2.37. The van der Waals surface area contributed by atoms with Crippen LogP contribution in [0.25, 0.3) is 11.1 Å². The molecule has 9 heteroatoms. The molecule has 0 unspecified atom stereocenters. The van der Waals surface area contributed by atoms with Crippen LogP contribution in [0, 0.1) is 0 Å². The van der Waals surface area contributed by atoms with Gasteiger partial charge in [0.25, 0.3) is 0 Å². The molecule has 1 N–H and O–H groups in total. The van der Waals surface area contributed by atoms with Crippen molar-refractivity contribution in [3.05, 3.63) is 82.7 Å². The summed E-state index contributed by atoms with van der Waals surface area (Å²) < 4.78 is 19.0. The first-order chi connectivity index (χ1) is 22.1. The number of alkyl carbamates (subject to hydrolysis) is 1. The van der Waals surface area contributed by atoms with E-state index < -0.39 is 17.8 Å². The zero-order valence-corrected chi connectivity index (χ0v) is 27.3. The van der Waals surface area contributed by atoms with E-state index in [1.165, 1.54) is 18.2 Å². The topological polar surface area (TPSA) is 99.1 Å². The van der Waals surface area contributed by atoms with Crippen molar-refractivity contribution in [2.24, 2.45) is 0 Å². The zero-order chi connectivity index (χ0) is 32.4. The molecule has 1 aromatic heterocycles. The quantitative estimate of drug-likeness (QED) is 0.220. The summed E-state index contributed by atoms with van der Waals surface area (Å²) in [6.45, 7) is 6.83. The smallest absolute Gasteiger partial charge is 0.410 e. The van der Waals surface area contributed by atoms with Crippen LogP contribution < -0.4 is 5.32 Å². The van der Waals surface area contributed by atoms with E-state index in [-0.39, 0.29) is 30.6 Å². The summed E-state index contributed by atoms with van der Waals surface area (Å²) in [5, 5.41) is 3.03. The second-order valence-corrected chi connectivity index (χ2v) is 13.7. The summed E-state index contributed by atoms with van der Waals surface area (Å²) in [4.78, 5) is 41.4. The van der Waals surface area contributed by atoms with Gasteiger partial charge in [-0.25, -0.2) is 14.4 Å². The Kier molecular flexibility index (Phi) is 9.11. The number of esters is 1. The molecule has 1 aliphatic heterocycles. The lowest BCUT2D eigenvalue weighted by Crippen LogP contribution is -2.49. The van der Waals surface area contributed by atoms with E-state index in [1.807, 2.05) is 56.0 Å². The Morgan fingerprint density at radius 3 is 2.33 bits per heavy atom. The highest BCUT2D eigenvalue weighted by atomic mass is 16.6. The Morgan fingerprint density at radius 2 is 1.65 bits per heavy atom. The predicted molar refractivity (Wildman–Crippen MR) is 175 cm³/mol. The summed E-state index contributed by atoms with van der Waals surface area (Å²) in [7, 11) is 1.40. The molecule has 6 rings (SSSR count). The van der Waals surface area contributed by atoms with Crippen molar-refractivity contribution in [1.29, 1.82) is 0 Å². The Morgan fingerprint density at radius 1 is 0.957 bits per heavy atom. The second kappa shape index (κ2) is 13.2. The number of nitrogens with one attached hydrogen (secondary N) is 1. The number of carbonyl (C=O) groups excluding carboxylic acids is 3. The van der Waals surface area contributed by atoms with Gasteiger partial charge in [0.05, 0.1) is 19.2 Å². The molecule has 3 aliphatic rings. The third kappa shape index (κ3) is 6.64. The number of hydrogen-bond acceptors (Lipinski definition) is 6. The fourth-order valence-corrected chi connectivity index (χ4v) is 7.42. The average Bonchev–Trinajstić information content (AvgIpc) is 3.57. The molecule has 2 aromatic carbocycles. The largest absolute Gasteiger partial charge is 0.465 e. The number of nitrogens with zero attached hydrogens (tertiary/aromatic N) is 2. The summed E-state index contributed by atoms with van der Waals surface area (Å²) in [6, 6.07) is 18.2. The van der Waals surface area contributed by atoms with E-state index >= 15 is 0 Å². The third-order valence-electron chi connectivity index (χ3n) is 9.46. The van der Waals surface area contributed by atoms with E-state index in [0.29, 0.717) is 18.5 Å². The summed E-state index contributed by atoms with van der Waals surface area (Å²) in [5.41, 5.74) is 6.49. The minimum atomic E-state index is -0.600. The molecule has 0 spiro atoms. The molecule has 0 saturated heterocycles. The zero-order valence-electron chi connectivity index (χ0n) is 27.3. The normalized spacial score (nSPS) is 19.0. The van der Waals surface area contributed by atoms with Crippen LogP contribution in [0.5, 0.6) is 0 Å². The molecule has 0 bridgehead atoms. The summed E-state index contributed by atoms with van der Waals surface area (Å²) in [5.74, 6) is -0.415. The van der Waals surface area contributed by atoms with Gasteiger partial charge in [0.2, 0.25) is 0 Å². The van der Waals surface area contributed by atoms with Crippen molar-refractivity contribution in [2.75, 3.05) is 13.7 Å². The number of amides is 2. The first-order valence-electron chi connectivity index (χ1n) is 16.5. The lowest BCUT2D eigenvalue weighted by molar-refractivity contribution is 0.0447. The number of aromatic nitrogens is 1. The van der Waals surface area contributed by atoms with E-state index in [4.69, 9.17) is 14.2 Å². The summed E-state index contributed by atoms with van der Waals surface area (Å²) in [6.07, 6.45) is 4.98. The van der Waals surface area contributed by atoms with Crippen molar-refractivity contribution in [3.8, 4) is 11.1 Å². The van der Waals surface area contributed by atoms with Crippen molar-refractivity contribution < 1.29 is 28.6 Å². The molecule has 1 saturated carbocycles. The van der Waals surface area contributed by atoms with Gasteiger partial charge < -0.3 is 24.1 Å². The van der Waals surface area contributed by atoms with Crippen LogP contribution in [-0.4, -0.2) is 59.0 Å². The summed E-state index contributed by atoms with van der Waals surface area (Å²) >= 11 is 0. The van der Waals surface area contributed by atoms with Gasteiger partial charge in [-0.1, -0.05) is 48.5 Å². The van der Waals surface area contributed by atoms with Gasteiger partial charge in [-0.05, 0) is 94.0 Å². The fraction of sp³-hybridized carbons (Fsp3) is 0.486. The maximum atomic E-state index is 14.2. The second-order valence-electron chi connectivity index (χ2n) is 13.7. The fourth-order valence-electron chi connectivity index (χ4n) is 7.42. The van der Waals surface area contributed by atoms with Crippen molar-refractivity contribution in [1.82, 2.24) is 14.8 Å². The molecular weight excluding hydrogens is 582 g/mol. The average molecular weight is 628 g/mol. The standard InChI is InChI=1S/C37H45N3O6/c1-37(2,3)46-35(42)38-24-12-11-13-25(20-24)40(22-26-21-31(34(41)44-4)33-18-9-10-19-39(26)33)36(43)45-23-32-29-16-7-5-14-27(29)28-15-6-8-17-30(28)32/h5-8,14-17,21,24-25,32H,9-13,18-20,22-23H2,1-4H3,(H,38,42)/t24-,25-/m1/s1. The monoisotopic (exact) mass is 627 g/mol. The Labute approximate surface area is 271 Å². The molecular formula is C37H45N3O6. The van der Waals surface area contributed by atoms with E-state index in [0.717, 1.165) is 67.6 Å². The predicted octanol–water partition coefficient (Wildman–Crippen LogP) is 7.20. The van der Waals surface area contributed by atoms with E-state index in [9.17, 15) is 14.4 Å². The highest BCUT2D eigenvalue weighted by Gasteiger charge is 2.35. The lowest BCUT2D eigenvalue weighted by atomic mass is 9.90. The van der Waals surface area contributed by atoms with Crippen LogP contribution >= 0.6 is 0 Å². The first kappa shape index (κ1) is 31.7. The van der Waals surface area contributed by atoms with Gasteiger partial charge in [0.1, 0.15) is 12.2 Å². The molecule has 2 amide bonds. The van der Waals surface area contributed by atoms with Crippen LogP contribution in [0.2, 0.25) is 0 Å². The van der Waals surface area contributed by atoms with Gasteiger partial charge in [-0.3, -0.25) is 4.90 Å². The molecule has 2 aliphatic carbocycles. The Balaban J connectivity index is 1.26. The van der Waals surface area contributed by atoms with Gasteiger partial charge in [0, 0.05) is 35.9 Å². The SMILES string of the molecule is COC(=O)c1cc(CN(C(=O)OCC2c3ccccc3-c3ccccc32)[C@@H]2CCC[C@@H](NC(=O)OC(C)(C)C)C2)n2c1CCCC2. The van der Waals surface area contributed by atoms with Gasteiger partial charge in [-0.15, -0.1) is 0 Å². The molecule has 46 heavy (non-hydrogen) atoms. The molecule has 9 nitrogen and oxygen atoms in total. The van der Waals surface area contributed by atoms with Crippen LogP contribution in [0.15, 0.2) is 54.6 Å². The number of carbonyl (C=O) groups is 3. The minimum Gasteiger partial charge on any atom is -0.465 e. The number of methoxy groups -OCH3 is 1. The van der Waals surface area contributed by atoms with E-state index in [2.05, 4.69) is 34.1 Å². The number of rotatable bonds is 7. The number of hydrogen-bond donors (Lipinski definition) is 1. The van der Waals surface area contributed by atoms with Crippen LogP contribution in [0.4, 0.5) is 9.59 Å². The van der Waals surface area contributed by atoms with E-state index in [1.54, 1.807) is 0 Å². The van der Waals surface area contributed by atoms with Crippen molar-refractivity contribution >= 4 is 18.2 Å². The Bertz CT molecular complexity index is 1560. The molecule has 2 heterocycles. The van der Waals surface area contributed by atoms with Crippen LogP contribution in [0.1, 0.15) is 98.1 Å². The molecule has 2 atom stereocenters. The highest BCUT2D eigenvalue weighted by molar-refractivity contribution is 5.91. The van der Waals surface area contributed by atoms with Gasteiger partial charge in [0.15, 0.2) is 0 Å². The van der Waals surface area contributed by atoms with Crippen molar-refractivity contribution in [3.63, 3.8) is 0 Å². The Hall–Kier alpha value is -4.27. The van der Waals surface area contributed by atoms with Gasteiger partial charge >= 0.3 is 18.2 Å². The minimum absolute atomic E-state index is 0.0573. The van der Waals surface area contributed by atoms with Crippen LogP contribution in [0.3, 0.4) is 0 Å². The maximum absolute atomic E-state index is 14.2. The first-order valence-corrected chi connectivity index (χ1v) is 16.5. The molecule has 244 valence electrons. The van der Waals surface area contributed by atoms with Crippen LogP contribution in [-0.2, 0) is 33.7 Å². The highest BCUT2D eigenvalue weighted by Crippen LogP contribution is 2.44. The molecule has 0 radical (unpaired) electrons. The number of benzene rings is 2. The molecule has 1 fully saturated rings. The van der Waals surface area contributed by atoms with Crippen molar-refractivity contribution in [2.45, 2.75) is 102 Å². The van der Waals surface area contributed by atoms with Gasteiger partial charge in [-0.2, -0.15) is 0 Å². The molecule has 3 aromatic rings. The number of fused-ring (bicyclic) bond motifs is 4. The number of ether oxygens (including phenoxy) is 3.